The highest BCUT2D eigenvalue weighted by Gasteiger charge is 2.07. The van der Waals surface area contributed by atoms with Gasteiger partial charge in [-0.1, -0.05) is 6.07 Å². The maximum Gasteiger partial charge on any atom is 0.269 e. The highest BCUT2D eigenvalue weighted by atomic mass is 16.6. The van der Waals surface area contributed by atoms with Crippen molar-refractivity contribution in [3.05, 3.63) is 39.4 Å². The van der Waals surface area contributed by atoms with Crippen LogP contribution in [0.5, 0.6) is 0 Å². The molecule has 0 radical (unpaired) electrons. The van der Waals surface area contributed by atoms with Gasteiger partial charge < -0.3 is 5.32 Å². The first kappa shape index (κ1) is 10.2. The summed E-state index contributed by atoms with van der Waals surface area (Å²) in [6, 6.07) is 4.56. The van der Waals surface area contributed by atoms with Gasteiger partial charge in [-0.3, -0.25) is 14.9 Å². The monoisotopic (exact) mass is 194 g/mol. The second-order valence-electron chi connectivity index (χ2n) is 2.87. The summed E-state index contributed by atoms with van der Waals surface area (Å²) in [4.78, 5) is 20.0. The first-order chi connectivity index (χ1) is 6.65. The summed E-state index contributed by atoms with van der Waals surface area (Å²) in [7, 11) is 0. The second-order valence-corrected chi connectivity index (χ2v) is 2.87. The molecule has 0 spiro atoms. The van der Waals surface area contributed by atoms with Crippen LogP contribution in [-0.2, 0) is 11.3 Å². The zero-order valence-corrected chi connectivity index (χ0v) is 7.69. The highest BCUT2D eigenvalue weighted by Crippen LogP contribution is 2.16. The molecule has 0 unspecified atom stereocenters. The molecule has 1 aromatic rings. The lowest BCUT2D eigenvalue weighted by Gasteiger charge is -2.03. The summed E-state index contributed by atoms with van der Waals surface area (Å²) >= 11 is 0. The van der Waals surface area contributed by atoms with Crippen molar-refractivity contribution in [3.8, 4) is 0 Å². The van der Waals surface area contributed by atoms with Crippen molar-refractivity contribution in [1.82, 2.24) is 5.32 Å². The number of aryl methyl sites for hydroxylation is 1. The van der Waals surface area contributed by atoms with E-state index in [1.54, 1.807) is 13.0 Å². The molecule has 5 heteroatoms. The fourth-order valence-electron chi connectivity index (χ4n) is 1.14. The van der Waals surface area contributed by atoms with Crippen LogP contribution in [0.4, 0.5) is 5.69 Å². The molecule has 0 heterocycles. The Morgan fingerprint density at radius 2 is 2.29 bits per heavy atom. The van der Waals surface area contributed by atoms with Crippen LogP contribution in [0.25, 0.3) is 0 Å². The van der Waals surface area contributed by atoms with E-state index < -0.39 is 4.92 Å². The van der Waals surface area contributed by atoms with Crippen molar-refractivity contribution in [2.45, 2.75) is 13.5 Å². The minimum Gasteiger partial charge on any atom is -0.355 e. The number of nitrogens with one attached hydrogen (secondary N) is 1. The first-order valence-corrected chi connectivity index (χ1v) is 4.06. The molecule has 5 nitrogen and oxygen atoms in total. The van der Waals surface area contributed by atoms with Crippen LogP contribution in [0.2, 0.25) is 0 Å². The maximum absolute atomic E-state index is 10.4. The van der Waals surface area contributed by atoms with Crippen LogP contribution in [0.15, 0.2) is 18.2 Å². The van der Waals surface area contributed by atoms with Crippen molar-refractivity contribution >= 4 is 12.1 Å². The van der Waals surface area contributed by atoms with Crippen molar-refractivity contribution in [3.63, 3.8) is 0 Å². The van der Waals surface area contributed by atoms with E-state index in [4.69, 9.17) is 0 Å². The molecule has 0 aliphatic carbocycles. The number of nitro benzene ring substituents is 1. The van der Waals surface area contributed by atoms with E-state index in [0.29, 0.717) is 13.0 Å². The third-order valence-corrected chi connectivity index (χ3v) is 1.91. The maximum atomic E-state index is 10.4. The molecule has 1 amide bonds. The van der Waals surface area contributed by atoms with Gasteiger partial charge in [0.1, 0.15) is 0 Å². The van der Waals surface area contributed by atoms with Crippen molar-refractivity contribution < 1.29 is 9.72 Å². The molecule has 0 fully saturated rings. The van der Waals surface area contributed by atoms with E-state index in [0.717, 1.165) is 11.1 Å². The third-order valence-electron chi connectivity index (χ3n) is 1.91. The largest absolute Gasteiger partial charge is 0.355 e. The molecule has 1 rings (SSSR count). The van der Waals surface area contributed by atoms with Crippen LogP contribution < -0.4 is 5.32 Å². The molecule has 0 atom stereocenters. The summed E-state index contributed by atoms with van der Waals surface area (Å²) in [6.07, 6.45) is 0.598. The van der Waals surface area contributed by atoms with E-state index >= 15 is 0 Å². The molecule has 0 saturated carbocycles. The highest BCUT2D eigenvalue weighted by molar-refractivity contribution is 5.47. The van der Waals surface area contributed by atoms with E-state index in [1.807, 2.05) is 0 Å². The molecule has 14 heavy (non-hydrogen) atoms. The summed E-state index contributed by atoms with van der Waals surface area (Å²) < 4.78 is 0. The van der Waals surface area contributed by atoms with Gasteiger partial charge in [-0.15, -0.1) is 0 Å². The number of nitrogens with zero attached hydrogens (tertiary/aromatic N) is 1. The minimum absolute atomic E-state index is 0.0670. The average Bonchev–Trinajstić information content (AvgIpc) is 2.15. The predicted octanol–water partition coefficient (Wildman–Crippen LogP) is 1.15. The summed E-state index contributed by atoms with van der Waals surface area (Å²) in [5.41, 5.74) is 1.74. The van der Waals surface area contributed by atoms with Gasteiger partial charge in [-0.25, -0.2) is 0 Å². The molecular weight excluding hydrogens is 184 g/mol. The SMILES string of the molecule is Cc1cc([N+](=O)[O-])ccc1CNC=O. The molecule has 1 N–H and O–H groups in total. The summed E-state index contributed by atoms with van der Waals surface area (Å²) in [6.45, 7) is 2.17. The van der Waals surface area contributed by atoms with E-state index in [2.05, 4.69) is 5.32 Å². The number of amides is 1. The van der Waals surface area contributed by atoms with Crippen molar-refractivity contribution in [2.75, 3.05) is 0 Å². The zero-order valence-electron chi connectivity index (χ0n) is 7.69. The number of non-ortho nitro benzene ring substituents is 1. The Morgan fingerprint density at radius 1 is 1.57 bits per heavy atom. The number of nitro groups is 1. The van der Waals surface area contributed by atoms with Crippen molar-refractivity contribution in [2.24, 2.45) is 0 Å². The fourth-order valence-corrected chi connectivity index (χ4v) is 1.14. The van der Waals surface area contributed by atoms with Crippen molar-refractivity contribution in [1.29, 1.82) is 0 Å². The molecule has 0 bridgehead atoms. The molecule has 0 aliphatic rings. The van der Waals surface area contributed by atoms with Crippen LogP contribution in [0, 0.1) is 17.0 Å². The van der Waals surface area contributed by atoms with Gasteiger partial charge in [0.05, 0.1) is 4.92 Å². The number of carbonyl (C=O) groups excluding carboxylic acids is 1. The Hall–Kier alpha value is -1.91. The Kier molecular flexibility index (Phi) is 3.17. The normalized spacial score (nSPS) is 9.50. The minimum atomic E-state index is -0.441. The van der Waals surface area contributed by atoms with Gasteiger partial charge >= 0.3 is 0 Å². The Bertz CT molecular complexity index is 363. The van der Waals surface area contributed by atoms with E-state index in [9.17, 15) is 14.9 Å². The van der Waals surface area contributed by atoms with Crippen LogP contribution in [-0.4, -0.2) is 11.3 Å². The molecule has 0 aromatic heterocycles. The quantitative estimate of drug-likeness (QED) is 0.444. The number of hydrogen-bond acceptors (Lipinski definition) is 3. The molecule has 74 valence electrons. The van der Waals surface area contributed by atoms with Crippen LogP contribution >= 0.6 is 0 Å². The number of rotatable bonds is 4. The number of benzene rings is 1. The Labute approximate surface area is 80.9 Å². The molecular formula is C9H10N2O3. The topological polar surface area (TPSA) is 72.2 Å². The standard InChI is InChI=1S/C9H10N2O3/c1-7-4-9(11(13)14)3-2-8(7)5-10-6-12/h2-4,6H,5H2,1H3,(H,10,12). The lowest BCUT2D eigenvalue weighted by atomic mass is 10.1. The van der Waals surface area contributed by atoms with Gasteiger partial charge in [-0.05, 0) is 18.1 Å². The predicted molar refractivity (Wildman–Crippen MR) is 50.7 cm³/mol. The van der Waals surface area contributed by atoms with Gasteiger partial charge in [0, 0.05) is 18.7 Å². The number of hydrogen-bond donors (Lipinski definition) is 1. The fraction of sp³-hybridized carbons (Fsp3) is 0.222. The zero-order chi connectivity index (χ0) is 10.6. The lowest BCUT2D eigenvalue weighted by molar-refractivity contribution is -0.384. The summed E-state index contributed by atoms with van der Waals surface area (Å²) in [5, 5.41) is 12.9. The van der Waals surface area contributed by atoms with Gasteiger partial charge in [0.25, 0.3) is 5.69 Å². The Balaban J connectivity index is 2.89. The average molecular weight is 194 g/mol. The first-order valence-electron chi connectivity index (χ1n) is 4.06. The Morgan fingerprint density at radius 3 is 2.79 bits per heavy atom. The van der Waals surface area contributed by atoms with Gasteiger partial charge in [0.2, 0.25) is 6.41 Å². The summed E-state index contributed by atoms with van der Waals surface area (Å²) in [5.74, 6) is 0. The number of carbonyl (C=O) groups is 1. The second kappa shape index (κ2) is 4.36. The smallest absolute Gasteiger partial charge is 0.269 e. The lowest BCUT2D eigenvalue weighted by Crippen LogP contribution is -2.10. The van der Waals surface area contributed by atoms with Gasteiger partial charge in [0.15, 0.2) is 0 Å². The molecule has 1 aromatic carbocycles. The van der Waals surface area contributed by atoms with E-state index in [-0.39, 0.29) is 5.69 Å². The molecule has 0 saturated heterocycles. The van der Waals surface area contributed by atoms with Crippen LogP contribution in [0.3, 0.4) is 0 Å². The van der Waals surface area contributed by atoms with Crippen LogP contribution in [0.1, 0.15) is 11.1 Å². The van der Waals surface area contributed by atoms with E-state index in [1.165, 1.54) is 12.1 Å². The molecule has 0 aliphatic heterocycles. The third kappa shape index (κ3) is 2.29. The van der Waals surface area contributed by atoms with Gasteiger partial charge in [-0.2, -0.15) is 0 Å².